The molecule has 0 aromatic carbocycles. The van der Waals surface area contributed by atoms with E-state index in [4.69, 9.17) is 0 Å². The van der Waals surface area contributed by atoms with E-state index in [0.29, 0.717) is 12.6 Å². The van der Waals surface area contributed by atoms with Gasteiger partial charge in [0, 0.05) is 19.1 Å². The molecule has 3 amide bonds. The normalized spacial score (nSPS) is 22.7. The Labute approximate surface area is 135 Å². The highest BCUT2D eigenvalue weighted by Crippen LogP contribution is 2.19. The van der Waals surface area contributed by atoms with Crippen LogP contribution in [0.5, 0.6) is 0 Å². The van der Waals surface area contributed by atoms with Gasteiger partial charge in [-0.15, -0.1) is 0 Å². The Morgan fingerprint density at radius 3 is 2.70 bits per heavy atom. The van der Waals surface area contributed by atoms with Crippen molar-refractivity contribution in [2.75, 3.05) is 26.2 Å². The summed E-state index contributed by atoms with van der Waals surface area (Å²) in [6, 6.07) is 0.107. The largest absolute Gasteiger partial charge is 0.329 e. The van der Waals surface area contributed by atoms with Gasteiger partial charge in [-0.05, 0) is 33.2 Å². The van der Waals surface area contributed by atoms with Gasteiger partial charge >= 0.3 is 6.03 Å². The second-order valence-corrected chi connectivity index (χ2v) is 6.28. The van der Waals surface area contributed by atoms with Gasteiger partial charge in [0.1, 0.15) is 11.6 Å². The Morgan fingerprint density at radius 2 is 2.04 bits per heavy atom. The van der Waals surface area contributed by atoms with Crippen LogP contribution < -0.4 is 5.32 Å². The van der Waals surface area contributed by atoms with Gasteiger partial charge < -0.3 is 5.32 Å². The SMILES string of the molecule is Cc1nc(C)n(C[C@@H]2CCCCN2CCN2C(=O)CNC2=O)n1. The number of aromatic nitrogens is 3. The molecule has 3 rings (SSSR count). The molecule has 1 N–H and O–H groups in total. The summed E-state index contributed by atoms with van der Waals surface area (Å²) in [7, 11) is 0. The summed E-state index contributed by atoms with van der Waals surface area (Å²) in [6.07, 6.45) is 3.47. The third-order valence-electron chi connectivity index (χ3n) is 4.64. The van der Waals surface area contributed by atoms with Crippen LogP contribution in [0.1, 0.15) is 30.9 Å². The minimum Gasteiger partial charge on any atom is -0.329 e. The summed E-state index contributed by atoms with van der Waals surface area (Å²) >= 11 is 0. The third-order valence-corrected chi connectivity index (χ3v) is 4.64. The molecule has 8 nitrogen and oxygen atoms in total. The Kier molecular flexibility index (Phi) is 4.61. The van der Waals surface area contributed by atoms with Crippen molar-refractivity contribution in [3.8, 4) is 0 Å². The number of urea groups is 1. The van der Waals surface area contributed by atoms with E-state index in [1.165, 1.54) is 11.3 Å². The molecule has 126 valence electrons. The average Bonchev–Trinajstić information content (AvgIpc) is 3.00. The van der Waals surface area contributed by atoms with Crippen LogP contribution in [0.2, 0.25) is 0 Å². The lowest BCUT2D eigenvalue weighted by atomic mass is 10.0. The highest BCUT2D eigenvalue weighted by molar-refractivity contribution is 6.01. The predicted octanol–water partition coefficient (Wildman–Crippen LogP) is 0.301. The highest BCUT2D eigenvalue weighted by Gasteiger charge is 2.30. The van der Waals surface area contributed by atoms with Gasteiger partial charge in [0.25, 0.3) is 0 Å². The first-order chi connectivity index (χ1) is 11.0. The van der Waals surface area contributed by atoms with Crippen molar-refractivity contribution in [2.24, 2.45) is 0 Å². The highest BCUT2D eigenvalue weighted by atomic mass is 16.2. The number of carbonyl (C=O) groups is 2. The molecule has 1 aromatic rings. The number of nitrogens with one attached hydrogen (secondary N) is 1. The molecule has 2 saturated heterocycles. The molecule has 3 heterocycles. The smallest absolute Gasteiger partial charge is 0.324 e. The summed E-state index contributed by atoms with van der Waals surface area (Å²) in [5.41, 5.74) is 0. The fourth-order valence-corrected chi connectivity index (χ4v) is 3.41. The Balaban J connectivity index is 1.61. The molecule has 1 atom stereocenters. The molecular formula is C15H24N6O2. The summed E-state index contributed by atoms with van der Waals surface area (Å²) in [4.78, 5) is 31.4. The lowest BCUT2D eigenvalue weighted by Gasteiger charge is -2.36. The number of likely N-dealkylation sites (tertiary alicyclic amines) is 1. The number of hydrogen-bond acceptors (Lipinski definition) is 5. The number of amides is 3. The van der Waals surface area contributed by atoms with Crippen LogP contribution in [-0.4, -0.2) is 68.7 Å². The summed E-state index contributed by atoms with van der Waals surface area (Å²) < 4.78 is 1.96. The topological polar surface area (TPSA) is 83.4 Å². The lowest BCUT2D eigenvalue weighted by Crippen LogP contribution is -2.47. The van der Waals surface area contributed by atoms with Gasteiger partial charge in [-0.2, -0.15) is 5.10 Å². The third kappa shape index (κ3) is 3.52. The van der Waals surface area contributed by atoms with E-state index in [-0.39, 0.29) is 18.5 Å². The van der Waals surface area contributed by atoms with Crippen LogP contribution in [0, 0.1) is 13.8 Å². The van der Waals surface area contributed by atoms with Crippen molar-refractivity contribution < 1.29 is 9.59 Å². The number of rotatable bonds is 5. The van der Waals surface area contributed by atoms with E-state index in [1.54, 1.807) is 0 Å². The van der Waals surface area contributed by atoms with Crippen molar-refractivity contribution in [1.82, 2.24) is 29.9 Å². The van der Waals surface area contributed by atoms with Gasteiger partial charge in [0.05, 0.1) is 13.1 Å². The number of piperidine rings is 1. The van der Waals surface area contributed by atoms with Crippen molar-refractivity contribution in [3.63, 3.8) is 0 Å². The minimum atomic E-state index is -0.272. The Morgan fingerprint density at radius 1 is 1.22 bits per heavy atom. The molecule has 2 aliphatic rings. The quantitative estimate of drug-likeness (QED) is 0.789. The molecule has 2 aliphatic heterocycles. The molecule has 0 bridgehead atoms. The van der Waals surface area contributed by atoms with E-state index in [0.717, 1.165) is 44.1 Å². The van der Waals surface area contributed by atoms with Gasteiger partial charge in [-0.3, -0.25) is 14.6 Å². The summed E-state index contributed by atoms with van der Waals surface area (Å²) in [5, 5.41) is 7.02. The van der Waals surface area contributed by atoms with Gasteiger partial charge in [0.2, 0.25) is 5.91 Å². The molecular weight excluding hydrogens is 296 g/mol. The predicted molar refractivity (Wildman–Crippen MR) is 83.8 cm³/mol. The van der Waals surface area contributed by atoms with Crippen molar-refractivity contribution >= 4 is 11.9 Å². The van der Waals surface area contributed by atoms with E-state index >= 15 is 0 Å². The van der Waals surface area contributed by atoms with Crippen molar-refractivity contribution in [2.45, 2.75) is 45.7 Å². The number of aryl methyl sites for hydroxylation is 2. The molecule has 0 aliphatic carbocycles. The second kappa shape index (κ2) is 6.66. The summed E-state index contributed by atoms with van der Waals surface area (Å²) in [6.45, 7) is 6.99. The van der Waals surface area contributed by atoms with Crippen LogP contribution in [0.4, 0.5) is 4.79 Å². The molecule has 0 radical (unpaired) electrons. The first-order valence-electron chi connectivity index (χ1n) is 8.25. The Hall–Kier alpha value is -1.96. The Bertz CT molecular complexity index is 583. The standard InChI is InChI=1S/C15H24N6O2/c1-11-17-12(2)21(18-11)10-13-5-3-4-6-19(13)7-8-20-14(22)9-16-15(20)23/h13H,3-10H2,1-2H3,(H,16,23)/t13-/m0/s1. The van der Waals surface area contributed by atoms with Crippen LogP contribution in [0.15, 0.2) is 0 Å². The van der Waals surface area contributed by atoms with Gasteiger partial charge in [-0.25, -0.2) is 14.5 Å². The molecule has 0 saturated carbocycles. The number of nitrogens with zero attached hydrogens (tertiary/aromatic N) is 5. The second-order valence-electron chi connectivity index (χ2n) is 6.28. The van der Waals surface area contributed by atoms with E-state index in [9.17, 15) is 9.59 Å². The molecule has 2 fully saturated rings. The molecule has 23 heavy (non-hydrogen) atoms. The molecule has 1 aromatic heterocycles. The number of carbonyl (C=O) groups excluding carboxylic acids is 2. The fraction of sp³-hybridized carbons (Fsp3) is 0.733. The lowest BCUT2D eigenvalue weighted by molar-refractivity contribution is -0.125. The fourth-order valence-electron chi connectivity index (χ4n) is 3.41. The number of imide groups is 1. The zero-order chi connectivity index (χ0) is 16.4. The van der Waals surface area contributed by atoms with Crippen LogP contribution in [0.25, 0.3) is 0 Å². The summed E-state index contributed by atoms with van der Waals surface area (Å²) in [5.74, 6) is 1.60. The van der Waals surface area contributed by atoms with Crippen molar-refractivity contribution in [1.29, 1.82) is 0 Å². The van der Waals surface area contributed by atoms with E-state index in [1.807, 2.05) is 18.5 Å². The monoisotopic (exact) mass is 320 g/mol. The van der Waals surface area contributed by atoms with Crippen molar-refractivity contribution in [3.05, 3.63) is 11.6 Å². The number of hydrogen-bond donors (Lipinski definition) is 1. The zero-order valence-corrected chi connectivity index (χ0v) is 13.8. The van der Waals surface area contributed by atoms with Gasteiger partial charge in [0.15, 0.2) is 0 Å². The zero-order valence-electron chi connectivity index (χ0n) is 13.8. The van der Waals surface area contributed by atoms with E-state index < -0.39 is 0 Å². The van der Waals surface area contributed by atoms with Crippen LogP contribution >= 0.6 is 0 Å². The van der Waals surface area contributed by atoms with Gasteiger partial charge in [-0.1, -0.05) is 6.42 Å². The molecule has 0 unspecified atom stereocenters. The molecule has 8 heteroatoms. The average molecular weight is 320 g/mol. The maximum absolute atomic E-state index is 11.7. The minimum absolute atomic E-state index is 0.125. The first-order valence-corrected chi connectivity index (χ1v) is 8.25. The maximum atomic E-state index is 11.7. The van der Waals surface area contributed by atoms with Crippen LogP contribution in [0.3, 0.4) is 0 Å². The van der Waals surface area contributed by atoms with Crippen LogP contribution in [-0.2, 0) is 11.3 Å². The maximum Gasteiger partial charge on any atom is 0.324 e. The molecule has 0 spiro atoms. The first kappa shape index (κ1) is 15.9. The van der Waals surface area contributed by atoms with E-state index in [2.05, 4.69) is 20.3 Å².